The zero-order chi connectivity index (χ0) is 14.0. The van der Waals surface area contributed by atoms with Crippen molar-refractivity contribution in [3.63, 3.8) is 0 Å². The number of nitrogens with one attached hydrogen (secondary N) is 1. The molecule has 0 saturated carbocycles. The van der Waals surface area contributed by atoms with Gasteiger partial charge in [-0.1, -0.05) is 31.2 Å². The minimum absolute atomic E-state index is 0.0858. The molecule has 0 aromatic heterocycles. The fraction of sp³-hybridized carbons (Fsp3) is 0.417. The normalized spacial score (nSPS) is 19.9. The van der Waals surface area contributed by atoms with E-state index >= 15 is 0 Å². The van der Waals surface area contributed by atoms with Crippen molar-refractivity contribution < 1.29 is 18.3 Å². The van der Waals surface area contributed by atoms with Crippen LogP contribution < -0.4 is 4.72 Å². The van der Waals surface area contributed by atoms with Gasteiger partial charge in [0.25, 0.3) is 10.2 Å². The van der Waals surface area contributed by atoms with Crippen LogP contribution in [0.2, 0.25) is 0 Å². The molecule has 1 atom stereocenters. The molecule has 0 bridgehead atoms. The molecule has 7 heteroatoms. The number of aliphatic carboxylic acids is 1. The Kier molecular flexibility index (Phi) is 3.88. The summed E-state index contributed by atoms with van der Waals surface area (Å²) in [6.07, 6.45) is 0.191. The van der Waals surface area contributed by atoms with Gasteiger partial charge in [-0.2, -0.15) is 12.7 Å². The molecule has 19 heavy (non-hydrogen) atoms. The maximum Gasteiger partial charge on any atom is 0.322 e. The predicted octanol–water partition coefficient (Wildman–Crippen LogP) is 0.352. The van der Waals surface area contributed by atoms with Gasteiger partial charge in [-0.25, -0.2) is 4.72 Å². The maximum absolute atomic E-state index is 12.1. The SMILES string of the molecule is CCNS(=O)(=O)N1Cc2ccccc2C[C@H]1C(=O)O. The number of fused-ring (bicyclic) bond motifs is 1. The van der Waals surface area contributed by atoms with Gasteiger partial charge >= 0.3 is 5.97 Å². The highest BCUT2D eigenvalue weighted by Crippen LogP contribution is 2.25. The summed E-state index contributed by atoms with van der Waals surface area (Å²) in [6.45, 7) is 1.97. The quantitative estimate of drug-likeness (QED) is 0.835. The highest BCUT2D eigenvalue weighted by Gasteiger charge is 2.38. The second-order valence-corrected chi connectivity index (χ2v) is 6.08. The lowest BCUT2D eigenvalue weighted by atomic mass is 9.96. The van der Waals surface area contributed by atoms with Gasteiger partial charge in [-0.3, -0.25) is 4.79 Å². The topological polar surface area (TPSA) is 86.7 Å². The van der Waals surface area contributed by atoms with Gasteiger partial charge in [0.15, 0.2) is 0 Å². The van der Waals surface area contributed by atoms with Crippen LogP contribution in [0.4, 0.5) is 0 Å². The summed E-state index contributed by atoms with van der Waals surface area (Å²) < 4.78 is 27.5. The number of hydrogen-bond donors (Lipinski definition) is 2. The third kappa shape index (κ3) is 2.78. The fourth-order valence-corrected chi connectivity index (χ4v) is 3.57. The number of nitrogens with zero attached hydrogens (tertiary/aromatic N) is 1. The highest BCUT2D eigenvalue weighted by molar-refractivity contribution is 7.87. The fourth-order valence-electron chi connectivity index (χ4n) is 2.23. The first-order chi connectivity index (χ1) is 8.95. The highest BCUT2D eigenvalue weighted by atomic mass is 32.2. The average molecular weight is 284 g/mol. The van der Waals surface area contributed by atoms with Crippen LogP contribution in [0.5, 0.6) is 0 Å². The Bertz CT molecular complexity index is 585. The number of carbonyl (C=O) groups is 1. The van der Waals surface area contributed by atoms with Gasteiger partial charge in [0.05, 0.1) is 0 Å². The van der Waals surface area contributed by atoms with E-state index in [1.165, 1.54) is 0 Å². The van der Waals surface area contributed by atoms with Crippen LogP contribution in [0.25, 0.3) is 0 Å². The average Bonchev–Trinajstić information content (AvgIpc) is 2.37. The number of carboxylic acid groups (broad SMARTS) is 1. The Labute approximate surface area is 112 Å². The third-order valence-corrected chi connectivity index (χ3v) is 4.78. The molecule has 2 N–H and O–H groups in total. The van der Waals surface area contributed by atoms with E-state index in [1.54, 1.807) is 6.92 Å². The molecule has 1 aromatic carbocycles. The van der Waals surface area contributed by atoms with Crippen LogP contribution in [0.15, 0.2) is 24.3 Å². The van der Waals surface area contributed by atoms with E-state index in [-0.39, 0.29) is 19.5 Å². The Morgan fingerprint density at radius 1 is 1.42 bits per heavy atom. The Hall–Kier alpha value is -1.44. The molecular formula is C12H16N2O4S. The lowest BCUT2D eigenvalue weighted by Crippen LogP contribution is -2.52. The van der Waals surface area contributed by atoms with Crippen molar-refractivity contribution in [2.45, 2.75) is 25.9 Å². The Morgan fingerprint density at radius 3 is 2.63 bits per heavy atom. The van der Waals surface area contributed by atoms with E-state index in [0.29, 0.717) is 0 Å². The summed E-state index contributed by atoms with van der Waals surface area (Å²) in [6, 6.07) is 6.24. The maximum atomic E-state index is 12.1. The summed E-state index contributed by atoms with van der Waals surface area (Å²) in [5.74, 6) is -1.13. The lowest BCUT2D eigenvalue weighted by molar-refractivity contribution is -0.141. The first-order valence-corrected chi connectivity index (χ1v) is 7.45. The molecule has 1 aliphatic rings. The van der Waals surface area contributed by atoms with E-state index in [0.717, 1.165) is 15.4 Å². The number of rotatable bonds is 4. The van der Waals surface area contributed by atoms with Crippen LogP contribution in [-0.2, 0) is 28.0 Å². The molecule has 1 aliphatic heterocycles. The summed E-state index contributed by atoms with van der Waals surface area (Å²) in [5.41, 5.74) is 1.74. The largest absolute Gasteiger partial charge is 0.480 e. The Balaban J connectivity index is 2.40. The van der Waals surface area contributed by atoms with Crippen molar-refractivity contribution in [3.05, 3.63) is 35.4 Å². The monoisotopic (exact) mass is 284 g/mol. The van der Waals surface area contributed by atoms with Crippen LogP contribution in [-0.4, -0.2) is 36.4 Å². The molecule has 0 spiro atoms. The summed E-state index contributed by atoms with van der Waals surface area (Å²) in [7, 11) is -3.77. The van der Waals surface area contributed by atoms with Gasteiger partial charge in [0, 0.05) is 19.5 Å². The Morgan fingerprint density at radius 2 is 2.05 bits per heavy atom. The minimum Gasteiger partial charge on any atom is -0.480 e. The summed E-state index contributed by atoms with van der Waals surface area (Å²) in [4.78, 5) is 11.3. The van der Waals surface area contributed by atoms with Crippen LogP contribution in [0, 0.1) is 0 Å². The van der Waals surface area contributed by atoms with Gasteiger partial charge in [-0.05, 0) is 11.1 Å². The second-order valence-electron chi connectivity index (χ2n) is 4.38. The van der Waals surface area contributed by atoms with Crippen molar-refractivity contribution in [1.82, 2.24) is 9.03 Å². The summed E-state index contributed by atoms with van der Waals surface area (Å²) >= 11 is 0. The van der Waals surface area contributed by atoms with Crippen molar-refractivity contribution in [2.24, 2.45) is 0 Å². The summed E-state index contributed by atoms with van der Waals surface area (Å²) in [5, 5.41) is 9.23. The molecule has 6 nitrogen and oxygen atoms in total. The lowest BCUT2D eigenvalue weighted by Gasteiger charge is -2.33. The molecule has 0 amide bonds. The predicted molar refractivity (Wildman–Crippen MR) is 69.7 cm³/mol. The molecule has 0 radical (unpaired) electrons. The van der Waals surface area contributed by atoms with Crippen LogP contribution in [0.1, 0.15) is 18.1 Å². The zero-order valence-corrected chi connectivity index (χ0v) is 11.4. The first kappa shape index (κ1) is 14.0. The van der Waals surface area contributed by atoms with Crippen molar-refractivity contribution in [2.75, 3.05) is 6.54 Å². The molecule has 1 heterocycles. The molecular weight excluding hydrogens is 268 g/mol. The molecule has 1 aromatic rings. The van der Waals surface area contributed by atoms with E-state index in [2.05, 4.69) is 4.72 Å². The second kappa shape index (κ2) is 5.28. The molecule has 0 fully saturated rings. The van der Waals surface area contributed by atoms with Gasteiger partial charge in [-0.15, -0.1) is 0 Å². The smallest absolute Gasteiger partial charge is 0.322 e. The molecule has 0 aliphatic carbocycles. The van der Waals surface area contributed by atoms with Gasteiger partial charge in [0.1, 0.15) is 6.04 Å². The van der Waals surface area contributed by atoms with Crippen LogP contribution >= 0.6 is 0 Å². The van der Waals surface area contributed by atoms with Crippen molar-refractivity contribution >= 4 is 16.2 Å². The third-order valence-electron chi connectivity index (χ3n) is 3.13. The number of benzene rings is 1. The first-order valence-electron chi connectivity index (χ1n) is 6.01. The molecule has 0 saturated heterocycles. The van der Waals surface area contributed by atoms with Gasteiger partial charge < -0.3 is 5.11 Å². The number of carboxylic acids is 1. The van der Waals surface area contributed by atoms with E-state index in [4.69, 9.17) is 0 Å². The molecule has 104 valence electrons. The standard InChI is InChI=1S/C12H16N2O4S/c1-2-13-19(17,18)14-8-10-6-4-3-5-9(10)7-11(14)12(15)16/h3-6,11,13H,2,7-8H2,1H3,(H,15,16)/t11-/m0/s1. The number of hydrogen-bond acceptors (Lipinski definition) is 3. The molecule has 2 rings (SSSR count). The van der Waals surface area contributed by atoms with Crippen LogP contribution in [0.3, 0.4) is 0 Å². The van der Waals surface area contributed by atoms with E-state index in [1.807, 2.05) is 24.3 Å². The van der Waals surface area contributed by atoms with Crippen molar-refractivity contribution in [1.29, 1.82) is 0 Å². The van der Waals surface area contributed by atoms with E-state index in [9.17, 15) is 18.3 Å². The van der Waals surface area contributed by atoms with Gasteiger partial charge in [0.2, 0.25) is 0 Å². The molecule has 0 unspecified atom stereocenters. The van der Waals surface area contributed by atoms with Crippen molar-refractivity contribution in [3.8, 4) is 0 Å². The minimum atomic E-state index is -3.77. The zero-order valence-electron chi connectivity index (χ0n) is 10.5. The van der Waals surface area contributed by atoms with E-state index < -0.39 is 22.2 Å².